The first-order valence-corrected chi connectivity index (χ1v) is 11.6. The van der Waals surface area contributed by atoms with Gasteiger partial charge >= 0.3 is 0 Å². The molecule has 0 bridgehead atoms. The van der Waals surface area contributed by atoms with E-state index in [9.17, 15) is 16.8 Å². The summed E-state index contributed by atoms with van der Waals surface area (Å²) in [4.78, 5) is 6.64. The highest BCUT2D eigenvalue weighted by molar-refractivity contribution is 7.90. The Kier molecular flexibility index (Phi) is 5.31. The van der Waals surface area contributed by atoms with Crippen molar-refractivity contribution in [1.29, 1.82) is 0 Å². The molecule has 2 heterocycles. The summed E-state index contributed by atoms with van der Waals surface area (Å²) in [6, 6.07) is 8.83. The van der Waals surface area contributed by atoms with Gasteiger partial charge < -0.3 is 4.90 Å². The van der Waals surface area contributed by atoms with Crippen molar-refractivity contribution in [2.45, 2.75) is 29.2 Å². The van der Waals surface area contributed by atoms with Gasteiger partial charge in [0.25, 0.3) is 0 Å². The number of aromatic nitrogens is 1. The Morgan fingerprint density at radius 2 is 1.62 bits per heavy atom. The van der Waals surface area contributed by atoms with E-state index >= 15 is 0 Å². The Hall–Kier alpha value is -1.97. The Bertz CT molecular complexity index is 981. The van der Waals surface area contributed by atoms with E-state index in [1.165, 1.54) is 24.3 Å². The van der Waals surface area contributed by atoms with E-state index < -0.39 is 19.9 Å². The lowest BCUT2D eigenvalue weighted by Crippen LogP contribution is -2.24. The maximum Gasteiger partial charge on any atom is 0.240 e. The summed E-state index contributed by atoms with van der Waals surface area (Å²) >= 11 is 0. The van der Waals surface area contributed by atoms with Crippen LogP contribution in [0.2, 0.25) is 0 Å². The van der Waals surface area contributed by atoms with E-state index in [1.54, 1.807) is 12.3 Å². The van der Waals surface area contributed by atoms with Gasteiger partial charge in [-0.3, -0.25) is 0 Å². The van der Waals surface area contributed by atoms with Crippen LogP contribution in [0.25, 0.3) is 0 Å². The normalized spacial score (nSPS) is 15.3. The van der Waals surface area contributed by atoms with Crippen molar-refractivity contribution in [1.82, 2.24) is 9.71 Å². The van der Waals surface area contributed by atoms with Gasteiger partial charge in [-0.25, -0.2) is 26.5 Å². The number of rotatable bonds is 6. The second kappa shape index (κ2) is 7.34. The van der Waals surface area contributed by atoms with Crippen LogP contribution in [0.4, 0.5) is 5.82 Å². The molecule has 0 amide bonds. The molecular formula is C17H21N3O4S2. The Morgan fingerprint density at radius 3 is 2.23 bits per heavy atom. The number of sulfone groups is 1. The van der Waals surface area contributed by atoms with Crippen LogP contribution in [0.5, 0.6) is 0 Å². The van der Waals surface area contributed by atoms with Crippen molar-refractivity contribution < 1.29 is 16.8 Å². The molecule has 1 aromatic carbocycles. The van der Waals surface area contributed by atoms with Crippen molar-refractivity contribution in [3.05, 3.63) is 48.2 Å². The minimum Gasteiger partial charge on any atom is -0.357 e. The number of anilines is 1. The highest BCUT2D eigenvalue weighted by Gasteiger charge is 2.17. The van der Waals surface area contributed by atoms with Gasteiger partial charge in [-0.05, 0) is 54.8 Å². The van der Waals surface area contributed by atoms with E-state index in [4.69, 9.17) is 0 Å². The predicted octanol–water partition coefficient (Wildman–Crippen LogP) is 1.56. The number of hydrogen-bond donors (Lipinski definition) is 1. The summed E-state index contributed by atoms with van der Waals surface area (Å²) in [5.41, 5.74) is 0.818. The lowest BCUT2D eigenvalue weighted by Gasteiger charge is -2.17. The summed E-state index contributed by atoms with van der Waals surface area (Å²) in [5.74, 6) is 0.858. The minimum absolute atomic E-state index is 0.0266. The maximum absolute atomic E-state index is 12.4. The molecule has 2 aromatic rings. The fourth-order valence-corrected chi connectivity index (χ4v) is 4.47. The highest BCUT2D eigenvalue weighted by Crippen LogP contribution is 2.19. The first-order valence-electron chi connectivity index (χ1n) is 8.25. The van der Waals surface area contributed by atoms with Crippen LogP contribution >= 0.6 is 0 Å². The topological polar surface area (TPSA) is 96.4 Å². The second-order valence-corrected chi connectivity index (χ2v) is 10.1. The molecule has 7 nitrogen and oxygen atoms in total. The largest absolute Gasteiger partial charge is 0.357 e. The van der Waals surface area contributed by atoms with E-state index in [0.29, 0.717) is 0 Å². The molecule has 1 N–H and O–H groups in total. The molecule has 1 aliphatic heterocycles. The molecule has 0 saturated carbocycles. The third-order valence-electron chi connectivity index (χ3n) is 4.27. The molecule has 1 aromatic heterocycles. The fourth-order valence-electron chi connectivity index (χ4n) is 2.82. The third-order valence-corrected chi connectivity index (χ3v) is 6.81. The monoisotopic (exact) mass is 395 g/mol. The zero-order chi connectivity index (χ0) is 18.8. The zero-order valence-electron chi connectivity index (χ0n) is 14.4. The van der Waals surface area contributed by atoms with E-state index in [2.05, 4.69) is 14.6 Å². The summed E-state index contributed by atoms with van der Waals surface area (Å²) in [6.45, 7) is 2.07. The van der Waals surface area contributed by atoms with Gasteiger partial charge in [0.15, 0.2) is 9.84 Å². The first-order chi connectivity index (χ1) is 12.3. The van der Waals surface area contributed by atoms with Crippen molar-refractivity contribution in [2.75, 3.05) is 24.2 Å². The predicted molar refractivity (Wildman–Crippen MR) is 99.3 cm³/mol. The molecule has 26 heavy (non-hydrogen) atoms. The Morgan fingerprint density at radius 1 is 1.00 bits per heavy atom. The van der Waals surface area contributed by atoms with Gasteiger partial charge in [0.1, 0.15) is 5.82 Å². The van der Waals surface area contributed by atoms with Crippen LogP contribution < -0.4 is 9.62 Å². The summed E-state index contributed by atoms with van der Waals surface area (Å²) in [5, 5.41) is 0. The van der Waals surface area contributed by atoms with Crippen molar-refractivity contribution in [2.24, 2.45) is 0 Å². The van der Waals surface area contributed by atoms with Crippen molar-refractivity contribution in [3.63, 3.8) is 0 Å². The number of benzene rings is 1. The molecule has 1 saturated heterocycles. The van der Waals surface area contributed by atoms with Gasteiger partial charge in [0.2, 0.25) is 10.0 Å². The summed E-state index contributed by atoms with van der Waals surface area (Å²) in [7, 11) is -7.09. The highest BCUT2D eigenvalue weighted by atomic mass is 32.2. The molecular weight excluding hydrogens is 374 g/mol. The molecule has 1 aliphatic rings. The van der Waals surface area contributed by atoms with Crippen LogP contribution in [0.3, 0.4) is 0 Å². The van der Waals surface area contributed by atoms with E-state index in [-0.39, 0.29) is 16.3 Å². The average Bonchev–Trinajstić information content (AvgIpc) is 3.14. The molecule has 0 aliphatic carbocycles. The molecule has 0 unspecified atom stereocenters. The van der Waals surface area contributed by atoms with Gasteiger partial charge in [0.05, 0.1) is 9.79 Å². The van der Waals surface area contributed by atoms with Crippen LogP contribution in [0, 0.1) is 0 Å². The first kappa shape index (κ1) is 18.8. The number of nitrogens with one attached hydrogen (secondary N) is 1. The quantitative estimate of drug-likeness (QED) is 0.797. The molecule has 3 rings (SSSR count). The lowest BCUT2D eigenvalue weighted by atomic mass is 10.2. The van der Waals surface area contributed by atoms with Crippen LogP contribution in [-0.2, 0) is 26.4 Å². The van der Waals surface area contributed by atoms with E-state index in [0.717, 1.165) is 43.6 Å². The molecule has 0 radical (unpaired) electrons. The summed E-state index contributed by atoms with van der Waals surface area (Å²) < 4.78 is 50.3. The molecule has 0 atom stereocenters. The average molecular weight is 396 g/mol. The Labute approximate surface area is 154 Å². The Balaban J connectivity index is 1.71. The fraction of sp³-hybridized carbons (Fsp3) is 0.353. The molecule has 1 fully saturated rings. The van der Waals surface area contributed by atoms with Gasteiger partial charge in [-0.1, -0.05) is 0 Å². The van der Waals surface area contributed by atoms with Crippen molar-refractivity contribution >= 4 is 25.7 Å². The number of sulfonamides is 1. The maximum atomic E-state index is 12.4. The standard InChI is InChI=1S/C17H21N3O4S2/c1-25(21,22)15-4-6-16(7-5-15)26(23,24)19-13-14-8-9-18-17(12-14)20-10-2-3-11-20/h4-9,12,19H,2-3,10-11,13H2,1H3. The van der Waals surface area contributed by atoms with E-state index in [1.807, 2.05) is 6.07 Å². The van der Waals surface area contributed by atoms with Gasteiger partial charge in [-0.2, -0.15) is 0 Å². The summed E-state index contributed by atoms with van der Waals surface area (Å²) in [6.07, 6.45) is 5.04. The number of hydrogen-bond acceptors (Lipinski definition) is 6. The van der Waals surface area contributed by atoms with Crippen LogP contribution in [0.1, 0.15) is 18.4 Å². The smallest absolute Gasteiger partial charge is 0.240 e. The van der Waals surface area contributed by atoms with Crippen molar-refractivity contribution in [3.8, 4) is 0 Å². The minimum atomic E-state index is -3.73. The molecule has 0 spiro atoms. The number of nitrogens with zero attached hydrogens (tertiary/aromatic N) is 2. The zero-order valence-corrected chi connectivity index (χ0v) is 16.1. The molecule has 9 heteroatoms. The number of pyridine rings is 1. The third kappa shape index (κ3) is 4.40. The van der Waals surface area contributed by atoms with Crippen LogP contribution in [0.15, 0.2) is 52.4 Å². The van der Waals surface area contributed by atoms with Gasteiger partial charge in [-0.15, -0.1) is 0 Å². The van der Waals surface area contributed by atoms with Gasteiger partial charge in [0, 0.05) is 32.1 Å². The molecule has 140 valence electrons. The lowest BCUT2D eigenvalue weighted by molar-refractivity contribution is 0.580. The SMILES string of the molecule is CS(=O)(=O)c1ccc(S(=O)(=O)NCc2ccnc(N3CCCC3)c2)cc1. The van der Waals surface area contributed by atoms with Crippen LogP contribution in [-0.4, -0.2) is 41.2 Å². The second-order valence-electron chi connectivity index (χ2n) is 6.28.